The molecule has 1 aliphatic carbocycles. The van der Waals surface area contributed by atoms with Crippen LogP contribution in [-0.2, 0) is 12.8 Å². The molecule has 0 radical (unpaired) electrons. The summed E-state index contributed by atoms with van der Waals surface area (Å²) < 4.78 is 0. The van der Waals surface area contributed by atoms with Gasteiger partial charge in [0.05, 0.1) is 10.4 Å². The molecule has 4 rings (SSSR count). The number of hydrogen-bond acceptors (Lipinski definition) is 4. The van der Waals surface area contributed by atoms with Gasteiger partial charge in [-0.2, -0.15) is 0 Å². The van der Waals surface area contributed by atoms with Crippen LogP contribution in [0, 0.1) is 0 Å². The first-order valence-corrected chi connectivity index (χ1v) is 10.6. The zero-order chi connectivity index (χ0) is 17.4. The van der Waals surface area contributed by atoms with Gasteiger partial charge in [0.15, 0.2) is 5.82 Å². The minimum Gasteiger partial charge on any atom is -0.305 e. The van der Waals surface area contributed by atoms with Crippen molar-refractivity contribution in [3.05, 3.63) is 56.4 Å². The fraction of sp³-hybridized carbons (Fsp3) is 0.263. The first-order chi connectivity index (χ1) is 12.2. The third kappa shape index (κ3) is 3.28. The summed E-state index contributed by atoms with van der Waals surface area (Å²) in [5, 5.41) is 1.21. The van der Waals surface area contributed by atoms with Crippen LogP contribution in [0.5, 0.6) is 0 Å². The second-order valence-corrected chi connectivity index (χ2v) is 8.44. The molecule has 0 unspecified atom stereocenters. The Labute approximate surface area is 159 Å². The summed E-state index contributed by atoms with van der Waals surface area (Å²) in [4.78, 5) is 23.4. The normalized spacial score (nSPS) is 14.7. The minimum atomic E-state index is -0.0799. The summed E-state index contributed by atoms with van der Waals surface area (Å²) in [7, 11) is 0. The van der Waals surface area contributed by atoms with E-state index < -0.39 is 0 Å². The van der Waals surface area contributed by atoms with Crippen molar-refractivity contribution in [2.75, 3.05) is 6.26 Å². The van der Waals surface area contributed by atoms with Crippen LogP contribution in [0.15, 0.2) is 34.0 Å². The molecular formula is C19H17ClN2OS2. The van der Waals surface area contributed by atoms with Crippen LogP contribution in [0.2, 0.25) is 0 Å². The number of aromatic nitrogens is 2. The number of hydrogen-bond donors (Lipinski definition) is 1. The molecular weight excluding hydrogens is 372 g/mol. The number of benzene rings is 1. The lowest BCUT2D eigenvalue weighted by molar-refractivity contribution is 0.700. The number of thioether (sulfide) groups is 1. The highest BCUT2D eigenvalue weighted by Crippen LogP contribution is 2.34. The maximum Gasteiger partial charge on any atom is 0.260 e. The second-order valence-electron chi connectivity index (χ2n) is 6.07. The Morgan fingerprint density at radius 2 is 2.04 bits per heavy atom. The number of halogens is 1. The number of rotatable bonds is 3. The standard InChI is InChI=1S/C19H17ClN2OS2/c1-24-12-8-6-11(7-9-12)10-14(20)17-21-18(23)16-13-4-2-3-5-15(13)25-19(16)22-17/h6-10H,2-5H2,1H3,(H,21,22,23)/b14-10-. The van der Waals surface area contributed by atoms with Crippen molar-refractivity contribution in [3.63, 3.8) is 0 Å². The summed E-state index contributed by atoms with van der Waals surface area (Å²) in [6.07, 6.45) is 8.25. The lowest BCUT2D eigenvalue weighted by Gasteiger charge is -2.09. The zero-order valence-electron chi connectivity index (χ0n) is 13.8. The summed E-state index contributed by atoms with van der Waals surface area (Å²) in [6.45, 7) is 0. The van der Waals surface area contributed by atoms with Gasteiger partial charge in [-0.15, -0.1) is 23.1 Å². The van der Waals surface area contributed by atoms with Gasteiger partial charge in [-0.1, -0.05) is 23.7 Å². The summed E-state index contributed by atoms with van der Waals surface area (Å²) in [5.41, 5.74) is 2.10. The van der Waals surface area contributed by atoms with Crippen molar-refractivity contribution in [2.45, 2.75) is 30.6 Å². The summed E-state index contributed by atoms with van der Waals surface area (Å²) in [6, 6.07) is 8.12. The van der Waals surface area contributed by atoms with Crippen LogP contribution in [0.1, 0.15) is 34.7 Å². The van der Waals surface area contributed by atoms with Crippen molar-refractivity contribution in [2.24, 2.45) is 0 Å². The van der Waals surface area contributed by atoms with Crippen LogP contribution in [0.25, 0.3) is 21.3 Å². The molecule has 0 fully saturated rings. The number of fused-ring (bicyclic) bond motifs is 3. The first-order valence-electron chi connectivity index (χ1n) is 8.22. The number of aromatic amines is 1. The fourth-order valence-electron chi connectivity index (χ4n) is 3.19. The Bertz CT molecular complexity index is 1020. The van der Waals surface area contributed by atoms with Gasteiger partial charge in [-0.25, -0.2) is 4.98 Å². The Balaban J connectivity index is 1.75. The monoisotopic (exact) mass is 388 g/mol. The maximum absolute atomic E-state index is 12.6. The third-order valence-corrected chi connectivity index (χ3v) is 6.68. The molecule has 0 saturated heterocycles. The van der Waals surface area contributed by atoms with Crippen LogP contribution >= 0.6 is 34.7 Å². The average Bonchev–Trinajstić information content (AvgIpc) is 3.01. The fourth-order valence-corrected chi connectivity index (χ4v) is 5.08. The van der Waals surface area contributed by atoms with Gasteiger partial charge in [0.1, 0.15) is 4.83 Å². The molecule has 1 N–H and O–H groups in total. The van der Waals surface area contributed by atoms with Gasteiger partial charge < -0.3 is 4.98 Å². The van der Waals surface area contributed by atoms with Crippen LogP contribution in [0.4, 0.5) is 0 Å². The van der Waals surface area contributed by atoms with Gasteiger partial charge in [-0.05, 0) is 61.3 Å². The average molecular weight is 389 g/mol. The second kappa shape index (κ2) is 6.98. The topological polar surface area (TPSA) is 45.8 Å². The van der Waals surface area contributed by atoms with Gasteiger partial charge in [0.25, 0.3) is 5.56 Å². The molecule has 0 atom stereocenters. The van der Waals surface area contributed by atoms with Crippen molar-refractivity contribution >= 4 is 56.0 Å². The molecule has 6 heteroatoms. The lowest BCUT2D eigenvalue weighted by Crippen LogP contribution is -2.12. The van der Waals surface area contributed by atoms with Gasteiger partial charge >= 0.3 is 0 Å². The predicted octanol–water partition coefficient (Wildman–Crippen LogP) is 5.32. The SMILES string of the molecule is CSc1ccc(/C=C(\Cl)c2nc3sc4c(c3c(=O)[nH]2)CCCC4)cc1. The van der Waals surface area contributed by atoms with E-state index in [2.05, 4.69) is 9.97 Å². The minimum absolute atomic E-state index is 0.0799. The van der Waals surface area contributed by atoms with E-state index in [1.54, 1.807) is 23.1 Å². The molecule has 1 aromatic carbocycles. The molecule has 25 heavy (non-hydrogen) atoms. The number of thiophene rings is 1. The van der Waals surface area contributed by atoms with E-state index in [1.165, 1.54) is 21.8 Å². The van der Waals surface area contributed by atoms with Gasteiger partial charge in [0, 0.05) is 9.77 Å². The quantitative estimate of drug-likeness (QED) is 0.617. The van der Waals surface area contributed by atoms with Crippen molar-refractivity contribution < 1.29 is 0 Å². The molecule has 3 aromatic rings. The van der Waals surface area contributed by atoms with Gasteiger partial charge in [-0.3, -0.25) is 4.79 Å². The van der Waals surface area contributed by atoms with Crippen LogP contribution in [-0.4, -0.2) is 16.2 Å². The highest BCUT2D eigenvalue weighted by Gasteiger charge is 2.20. The van der Waals surface area contributed by atoms with E-state index in [-0.39, 0.29) is 5.56 Å². The molecule has 0 aliphatic heterocycles. The Kier molecular flexibility index (Phi) is 4.71. The molecule has 3 nitrogen and oxygen atoms in total. The van der Waals surface area contributed by atoms with E-state index in [1.807, 2.05) is 36.6 Å². The zero-order valence-corrected chi connectivity index (χ0v) is 16.2. The third-order valence-electron chi connectivity index (χ3n) is 4.46. The largest absolute Gasteiger partial charge is 0.305 e. The molecule has 2 aromatic heterocycles. The Hall–Kier alpha value is -1.56. The smallest absolute Gasteiger partial charge is 0.260 e. The van der Waals surface area contributed by atoms with E-state index >= 15 is 0 Å². The molecule has 0 spiro atoms. The number of H-pyrrole nitrogens is 1. The highest BCUT2D eigenvalue weighted by atomic mass is 35.5. The lowest BCUT2D eigenvalue weighted by atomic mass is 9.97. The van der Waals surface area contributed by atoms with Crippen LogP contribution < -0.4 is 5.56 Å². The Morgan fingerprint density at radius 1 is 1.28 bits per heavy atom. The summed E-state index contributed by atoms with van der Waals surface area (Å²) >= 11 is 9.78. The number of nitrogens with one attached hydrogen (secondary N) is 1. The van der Waals surface area contributed by atoms with E-state index in [0.717, 1.165) is 35.0 Å². The van der Waals surface area contributed by atoms with E-state index in [9.17, 15) is 4.79 Å². The summed E-state index contributed by atoms with van der Waals surface area (Å²) in [5.74, 6) is 0.437. The molecule has 2 heterocycles. The Morgan fingerprint density at radius 3 is 2.80 bits per heavy atom. The molecule has 1 aliphatic rings. The van der Waals surface area contributed by atoms with Crippen molar-refractivity contribution in [3.8, 4) is 0 Å². The number of aryl methyl sites for hydroxylation is 2. The van der Waals surface area contributed by atoms with Gasteiger partial charge in [0.2, 0.25) is 0 Å². The van der Waals surface area contributed by atoms with E-state index in [4.69, 9.17) is 11.6 Å². The van der Waals surface area contributed by atoms with Crippen molar-refractivity contribution in [1.29, 1.82) is 0 Å². The molecule has 0 bridgehead atoms. The highest BCUT2D eigenvalue weighted by molar-refractivity contribution is 7.98. The first kappa shape index (κ1) is 16.9. The van der Waals surface area contributed by atoms with E-state index in [0.29, 0.717) is 10.9 Å². The predicted molar refractivity (Wildman–Crippen MR) is 109 cm³/mol. The maximum atomic E-state index is 12.6. The number of nitrogens with zero attached hydrogens (tertiary/aromatic N) is 1. The molecule has 0 saturated carbocycles. The van der Waals surface area contributed by atoms with Crippen molar-refractivity contribution in [1.82, 2.24) is 9.97 Å². The van der Waals surface area contributed by atoms with Crippen LogP contribution in [0.3, 0.4) is 0 Å². The molecule has 128 valence electrons. The molecule has 0 amide bonds.